The molecule has 1 saturated heterocycles. The molecule has 0 aliphatic carbocycles. The fraction of sp³-hybridized carbons (Fsp3) is 0.571. The molecule has 0 aromatic heterocycles. The van der Waals surface area contributed by atoms with Crippen LogP contribution in [0.3, 0.4) is 0 Å². The zero-order valence-electron chi connectivity index (χ0n) is 10.8. The normalized spacial score (nSPS) is 25.7. The first kappa shape index (κ1) is 12.1. The number of hydrogen-bond donors (Lipinski definition) is 1. The molecule has 98 valence electrons. The van der Waals surface area contributed by atoms with E-state index in [0.717, 1.165) is 30.2 Å². The van der Waals surface area contributed by atoms with Crippen molar-refractivity contribution in [3.63, 3.8) is 0 Å². The van der Waals surface area contributed by atoms with Gasteiger partial charge in [-0.3, -0.25) is 0 Å². The Hall–Kier alpha value is -0.930. The van der Waals surface area contributed by atoms with Gasteiger partial charge in [-0.25, -0.2) is 0 Å². The van der Waals surface area contributed by atoms with Crippen LogP contribution in [0.15, 0.2) is 6.07 Å². The topological polar surface area (TPSA) is 30.5 Å². The molecule has 0 amide bonds. The third-order valence-electron chi connectivity index (χ3n) is 4.02. The second-order valence-corrected chi connectivity index (χ2v) is 5.54. The maximum atomic E-state index is 6.47. The summed E-state index contributed by atoms with van der Waals surface area (Å²) in [5.74, 6) is 1.49. The van der Waals surface area contributed by atoms with Gasteiger partial charge in [0.2, 0.25) is 6.79 Å². The number of hydrogen-bond acceptors (Lipinski definition) is 3. The van der Waals surface area contributed by atoms with Crippen LogP contribution >= 0.6 is 11.6 Å². The van der Waals surface area contributed by atoms with Gasteiger partial charge in [0, 0.05) is 5.54 Å². The van der Waals surface area contributed by atoms with Crippen LogP contribution in [0.5, 0.6) is 11.5 Å². The first-order valence-electron chi connectivity index (χ1n) is 6.52. The number of benzene rings is 1. The number of rotatable bonds is 2. The molecule has 2 aliphatic heterocycles. The number of nitrogens with one attached hydrogen (secondary N) is 1. The molecule has 0 bridgehead atoms. The third-order valence-corrected chi connectivity index (χ3v) is 4.42. The van der Waals surface area contributed by atoms with Gasteiger partial charge in [0.05, 0.1) is 5.02 Å². The Labute approximate surface area is 112 Å². The SMILES string of the molecule is CCc1c(C2(C)CCCN2)cc2c(c1Cl)OCO2. The molecule has 0 radical (unpaired) electrons. The van der Waals surface area contributed by atoms with Crippen LogP contribution in [0.1, 0.15) is 37.8 Å². The van der Waals surface area contributed by atoms with Crippen LogP contribution in [0.25, 0.3) is 0 Å². The Kier molecular flexibility index (Phi) is 2.91. The Morgan fingerprint density at radius 2 is 2.28 bits per heavy atom. The molecule has 1 aromatic carbocycles. The number of fused-ring (bicyclic) bond motifs is 1. The van der Waals surface area contributed by atoms with E-state index in [1.54, 1.807) is 0 Å². The van der Waals surface area contributed by atoms with Crippen molar-refractivity contribution in [3.05, 3.63) is 22.2 Å². The first-order chi connectivity index (χ1) is 8.65. The Morgan fingerprint density at radius 1 is 1.44 bits per heavy atom. The van der Waals surface area contributed by atoms with Gasteiger partial charge >= 0.3 is 0 Å². The number of ether oxygens (including phenoxy) is 2. The monoisotopic (exact) mass is 267 g/mol. The molecule has 3 nitrogen and oxygen atoms in total. The average Bonchev–Trinajstić information content (AvgIpc) is 2.98. The summed E-state index contributed by atoms with van der Waals surface area (Å²) in [6.07, 6.45) is 3.24. The second-order valence-electron chi connectivity index (χ2n) is 5.17. The van der Waals surface area contributed by atoms with E-state index in [0.29, 0.717) is 5.75 Å². The lowest BCUT2D eigenvalue weighted by Crippen LogP contribution is -2.34. The average molecular weight is 268 g/mol. The molecule has 1 aromatic rings. The minimum Gasteiger partial charge on any atom is -0.454 e. The van der Waals surface area contributed by atoms with E-state index in [2.05, 4.69) is 25.2 Å². The molecule has 4 heteroatoms. The zero-order chi connectivity index (χ0) is 12.8. The van der Waals surface area contributed by atoms with Crippen LogP contribution in [-0.4, -0.2) is 13.3 Å². The molecular weight excluding hydrogens is 250 g/mol. The van der Waals surface area contributed by atoms with Crippen LogP contribution in [0.4, 0.5) is 0 Å². The molecular formula is C14H18ClNO2. The van der Waals surface area contributed by atoms with Crippen molar-refractivity contribution in [1.29, 1.82) is 0 Å². The molecule has 1 N–H and O–H groups in total. The van der Waals surface area contributed by atoms with Crippen molar-refractivity contribution in [2.45, 2.75) is 38.6 Å². The van der Waals surface area contributed by atoms with Crippen molar-refractivity contribution < 1.29 is 9.47 Å². The Bertz CT molecular complexity index is 481. The molecule has 2 aliphatic rings. The fourth-order valence-electron chi connectivity index (χ4n) is 3.00. The van der Waals surface area contributed by atoms with E-state index in [1.807, 2.05) is 0 Å². The molecule has 3 rings (SSSR count). The fourth-order valence-corrected chi connectivity index (χ4v) is 3.39. The van der Waals surface area contributed by atoms with E-state index in [9.17, 15) is 0 Å². The summed E-state index contributed by atoms with van der Waals surface area (Å²) < 4.78 is 10.9. The van der Waals surface area contributed by atoms with Crippen molar-refractivity contribution in [2.24, 2.45) is 0 Å². The van der Waals surface area contributed by atoms with Crippen molar-refractivity contribution >= 4 is 11.6 Å². The lowest BCUT2D eigenvalue weighted by atomic mass is 9.85. The van der Waals surface area contributed by atoms with Gasteiger partial charge in [-0.1, -0.05) is 18.5 Å². The standard InChI is InChI=1S/C14H18ClNO2/c1-3-9-10(14(2)5-4-6-16-14)7-11-13(12(9)15)18-8-17-11/h7,16H,3-6,8H2,1-2H3. The number of halogens is 1. The zero-order valence-corrected chi connectivity index (χ0v) is 11.6. The molecule has 1 unspecified atom stereocenters. The van der Waals surface area contributed by atoms with Gasteiger partial charge in [-0.05, 0) is 49.9 Å². The van der Waals surface area contributed by atoms with E-state index in [-0.39, 0.29) is 12.3 Å². The minimum atomic E-state index is 0.00988. The van der Waals surface area contributed by atoms with E-state index >= 15 is 0 Å². The van der Waals surface area contributed by atoms with Crippen LogP contribution in [-0.2, 0) is 12.0 Å². The third kappa shape index (κ3) is 1.69. The van der Waals surface area contributed by atoms with Crippen molar-refractivity contribution in [3.8, 4) is 11.5 Å². The highest BCUT2D eigenvalue weighted by Gasteiger charge is 2.35. The summed E-state index contributed by atoms with van der Waals surface area (Å²) in [6, 6.07) is 2.10. The largest absolute Gasteiger partial charge is 0.454 e. The summed E-state index contributed by atoms with van der Waals surface area (Å²) in [6.45, 7) is 5.70. The second kappa shape index (κ2) is 4.32. The van der Waals surface area contributed by atoms with E-state index in [1.165, 1.54) is 17.5 Å². The van der Waals surface area contributed by atoms with Crippen LogP contribution < -0.4 is 14.8 Å². The predicted octanol–water partition coefficient (Wildman–Crippen LogP) is 3.23. The highest BCUT2D eigenvalue weighted by molar-refractivity contribution is 6.33. The first-order valence-corrected chi connectivity index (χ1v) is 6.90. The van der Waals surface area contributed by atoms with Crippen molar-refractivity contribution in [1.82, 2.24) is 5.32 Å². The van der Waals surface area contributed by atoms with Gasteiger partial charge < -0.3 is 14.8 Å². The highest BCUT2D eigenvalue weighted by Crippen LogP contribution is 2.46. The smallest absolute Gasteiger partial charge is 0.231 e. The summed E-state index contributed by atoms with van der Waals surface area (Å²) in [5.41, 5.74) is 2.45. The van der Waals surface area contributed by atoms with Crippen LogP contribution in [0, 0.1) is 0 Å². The molecule has 1 atom stereocenters. The maximum Gasteiger partial charge on any atom is 0.231 e. The Balaban J connectivity index is 2.16. The molecule has 18 heavy (non-hydrogen) atoms. The molecule has 2 heterocycles. The summed E-state index contributed by atoms with van der Waals surface area (Å²) >= 11 is 6.47. The van der Waals surface area contributed by atoms with Crippen LogP contribution in [0.2, 0.25) is 5.02 Å². The lowest BCUT2D eigenvalue weighted by Gasteiger charge is -2.28. The van der Waals surface area contributed by atoms with Gasteiger partial charge in [0.15, 0.2) is 11.5 Å². The molecule has 1 fully saturated rings. The summed E-state index contributed by atoms with van der Waals surface area (Å²) in [7, 11) is 0. The molecule has 0 spiro atoms. The van der Waals surface area contributed by atoms with Crippen molar-refractivity contribution in [2.75, 3.05) is 13.3 Å². The summed E-state index contributed by atoms with van der Waals surface area (Å²) in [5, 5.41) is 4.31. The highest BCUT2D eigenvalue weighted by atomic mass is 35.5. The molecule has 0 saturated carbocycles. The van der Waals surface area contributed by atoms with E-state index < -0.39 is 0 Å². The maximum absolute atomic E-state index is 6.47. The van der Waals surface area contributed by atoms with Gasteiger partial charge in [0.1, 0.15) is 0 Å². The summed E-state index contributed by atoms with van der Waals surface area (Å²) in [4.78, 5) is 0. The van der Waals surface area contributed by atoms with Gasteiger partial charge in [-0.15, -0.1) is 0 Å². The van der Waals surface area contributed by atoms with Gasteiger partial charge in [0.25, 0.3) is 0 Å². The predicted molar refractivity (Wildman–Crippen MR) is 71.5 cm³/mol. The Morgan fingerprint density at radius 3 is 2.94 bits per heavy atom. The van der Waals surface area contributed by atoms with E-state index in [4.69, 9.17) is 21.1 Å². The quantitative estimate of drug-likeness (QED) is 0.892. The van der Waals surface area contributed by atoms with Gasteiger partial charge in [-0.2, -0.15) is 0 Å². The lowest BCUT2D eigenvalue weighted by molar-refractivity contribution is 0.174. The minimum absolute atomic E-state index is 0.00988.